The molecular formula is C27H36O7. The molecule has 1 aliphatic carbocycles. The molecule has 2 aliphatic heterocycles. The van der Waals surface area contributed by atoms with Gasteiger partial charge in [0.05, 0.1) is 25.7 Å². The fraction of sp³-hybridized carbons (Fsp3) is 0.556. The second-order valence-electron chi connectivity index (χ2n) is 9.36. The number of allylic oxidation sites excluding steroid dienone is 7. The zero-order valence-corrected chi connectivity index (χ0v) is 20.7. The Morgan fingerprint density at radius 2 is 1.62 bits per heavy atom. The van der Waals surface area contributed by atoms with Crippen LogP contribution < -0.4 is 0 Å². The normalized spacial score (nSPS) is 34.9. The van der Waals surface area contributed by atoms with Gasteiger partial charge in [0.25, 0.3) is 0 Å². The molecule has 2 saturated heterocycles. The summed E-state index contributed by atoms with van der Waals surface area (Å²) in [5.41, 5.74) is 0.662. The molecule has 2 heterocycles. The molecule has 0 bridgehead atoms. The van der Waals surface area contributed by atoms with Crippen molar-refractivity contribution in [1.29, 1.82) is 0 Å². The van der Waals surface area contributed by atoms with E-state index in [9.17, 15) is 9.59 Å². The molecule has 3 rings (SSSR count). The first-order valence-corrected chi connectivity index (χ1v) is 11.7. The summed E-state index contributed by atoms with van der Waals surface area (Å²) in [6, 6.07) is 0. The van der Waals surface area contributed by atoms with Crippen LogP contribution in [0.1, 0.15) is 40.0 Å². The minimum Gasteiger partial charge on any atom is -0.466 e. The minimum atomic E-state index is -0.416. The van der Waals surface area contributed by atoms with Gasteiger partial charge in [-0.1, -0.05) is 48.1 Å². The first kappa shape index (κ1) is 26.1. The van der Waals surface area contributed by atoms with E-state index in [-0.39, 0.29) is 35.4 Å². The third kappa shape index (κ3) is 6.34. The number of methoxy groups -OCH3 is 2. The summed E-state index contributed by atoms with van der Waals surface area (Å²) in [7, 11) is 2.99. The molecular weight excluding hydrogens is 436 g/mol. The largest absolute Gasteiger partial charge is 0.466 e. The molecule has 1 saturated carbocycles. The molecule has 0 radical (unpaired) electrons. The highest BCUT2D eigenvalue weighted by Gasteiger charge is 2.72. The van der Waals surface area contributed by atoms with Gasteiger partial charge in [-0.25, -0.2) is 9.59 Å². The molecule has 186 valence electrons. The van der Waals surface area contributed by atoms with Crippen molar-refractivity contribution in [3.8, 4) is 0 Å². The maximum atomic E-state index is 12.5. The molecule has 6 atom stereocenters. The maximum absolute atomic E-state index is 12.5. The van der Waals surface area contributed by atoms with Crippen LogP contribution in [0, 0.1) is 5.92 Å². The summed E-state index contributed by atoms with van der Waals surface area (Å²) >= 11 is 0. The van der Waals surface area contributed by atoms with Gasteiger partial charge >= 0.3 is 11.9 Å². The zero-order valence-electron chi connectivity index (χ0n) is 20.7. The lowest BCUT2D eigenvalue weighted by Gasteiger charge is -2.42. The number of epoxide rings is 2. The van der Waals surface area contributed by atoms with Crippen molar-refractivity contribution in [3.05, 3.63) is 60.3 Å². The number of ether oxygens (including phenoxy) is 5. The number of carbonyl (C=O) groups excluding carboxylic acids is 2. The first-order valence-electron chi connectivity index (χ1n) is 11.7. The van der Waals surface area contributed by atoms with Crippen LogP contribution in [0.15, 0.2) is 60.3 Å². The van der Waals surface area contributed by atoms with Crippen LogP contribution in [0.3, 0.4) is 0 Å². The number of carbonyl (C=O) groups is 2. The third-order valence-electron chi connectivity index (χ3n) is 6.73. The van der Waals surface area contributed by atoms with Crippen LogP contribution in [0.4, 0.5) is 0 Å². The van der Waals surface area contributed by atoms with Crippen molar-refractivity contribution in [2.24, 2.45) is 5.92 Å². The topological polar surface area (TPSA) is 86.9 Å². The van der Waals surface area contributed by atoms with Crippen molar-refractivity contribution in [2.75, 3.05) is 20.8 Å². The van der Waals surface area contributed by atoms with Crippen LogP contribution in [-0.4, -0.2) is 62.3 Å². The van der Waals surface area contributed by atoms with E-state index in [2.05, 4.69) is 31.6 Å². The number of hydrogen-bond donors (Lipinski definition) is 0. The van der Waals surface area contributed by atoms with Gasteiger partial charge in [0.2, 0.25) is 0 Å². The van der Waals surface area contributed by atoms with Crippen LogP contribution in [0.5, 0.6) is 0 Å². The fourth-order valence-electron chi connectivity index (χ4n) is 4.85. The van der Waals surface area contributed by atoms with E-state index in [4.69, 9.17) is 18.9 Å². The third-order valence-corrected chi connectivity index (χ3v) is 6.73. The van der Waals surface area contributed by atoms with Gasteiger partial charge < -0.3 is 23.7 Å². The highest BCUT2D eigenvalue weighted by molar-refractivity contribution is 5.82. The van der Waals surface area contributed by atoms with Crippen molar-refractivity contribution < 1.29 is 33.3 Å². The number of hydrogen-bond acceptors (Lipinski definition) is 7. The molecule has 7 heteroatoms. The number of rotatable bonds is 10. The molecule has 3 aliphatic rings. The molecule has 1 spiro atoms. The predicted octanol–water partition coefficient (Wildman–Crippen LogP) is 4.00. The highest BCUT2D eigenvalue weighted by atomic mass is 16.6. The van der Waals surface area contributed by atoms with Crippen LogP contribution in [0.2, 0.25) is 0 Å². The van der Waals surface area contributed by atoms with Crippen LogP contribution in [0.25, 0.3) is 0 Å². The monoisotopic (exact) mass is 472 g/mol. The van der Waals surface area contributed by atoms with E-state index < -0.39 is 11.9 Å². The van der Waals surface area contributed by atoms with Crippen molar-refractivity contribution in [3.63, 3.8) is 0 Å². The summed E-state index contributed by atoms with van der Waals surface area (Å²) in [5, 5.41) is 0. The first-order chi connectivity index (χ1) is 16.3. The minimum absolute atomic E-state index is 0.000769. The predicted molar refractivity (Wildman–Crippen MR) is 128 cm³/mol. The Kier molecular flexibility index (Phi) is 8.68. The zero-order chi connectivity index (χ0) is 24.8. The second-order valence-corrected chi connectivity index (χ2v) is 9.36. The quantitative estimate of drug-likeness (QED) is 0.156. The Morgan fingerprint density at radius 1 is 1.00 bits per heavy atom. The molecule has 0 amide bonds. The van der Waals surface area contributed by atoms with Crippen LogP contribution >= 0.6 is 0 Å². The van der Waals surface area contributed by atoms with E-state index in [0.717, 1.165) is 12.8 Å². The van der Waals surface area contributed by atoms with Gasteiger partial charge in [0.15, 0.2) is 0 Å². The Hall–Kier alpha value is -2.48. The van der Waals surface area contributed by atoms with Gasteiger partial charge in [-0.3, -0.25) is 0 Å². The molecule has 7 nitrogen and oxygen atoms in total. The van der Waals surface area contributed by atoms with Gasteiger partial charge in [0, 0.05) is 19.3 Å². The Labute approximate surface area is 202 Å². The van der Waals surface area contributed by atoms with Crippen LogP contribution in [-0.2, 0) is 33.3 Å². The van der Waals surface area contributed by atoms with E-state index in [0.29, 0.717) is 13.0 Å². The molecule has 0 aromatic carbocycles. The van der Waals surface area contributed by atoms with Crippen molar-refractivity contribution in [1.82, 2.24) is 0 Å². The summed E-state index contributed by atoms with van der Waals surface area (Å²) in [6.07, 6.45) is 16.8. The molecule has 34 heavy (non-hydrogen) atoms. The summed E-state index contributed by atoms with van der Waals surface area (Å²) in [6.45, 7) is 6.99. The Morgan fingerprint density at radius 3 is 2.18 bits per heavy atom. The maximum Gasteiger partial charge on any atom is 0.331 e. The van der Waals surface area contributed by atoms with Crippen molar-refractivity contribution >= 4 is 11.9 Å². The van der Waals surface area contributed by atoms with E-state index in [1.165, 1.54) is 24.8 Å². The van der Waals surface area contributed by atoms with Gasteiger partial charge in [-0.2, -0.15) is 0 Å². The van der Waals surface area contributed by atoms with E-state index in [1.807, 2.05) is 0 Å². The molecule has 0 aromatic rings. The standard InChI is InChI=1S/C27H36O7/c1-19(2)14-15-21-26(3,34-21)25-24(31-5)20(16-17-27(25)18-32-27)33-23(29)13-11-9-7-6-8-10-12-22(28)30-4/h6-14,20-21,24-25H,15-18H2,1-5H3/b8-6+,9-7-,12-10+,13-11-/t20-,21-,24-,25-,26-,27-/m1/s1. The lowest BCUT2D eigenvalue weighted by Crippen LogP contribution is -2.55. The summed E-state index contributed by atoms with van der Waals surface area (Å²) in [4.78, 5) is 23.4. The highest BCUT2D eigenvalue weighted by Crippen LogP contribution is 2.59. The Bertz CT molecular complexity index is 889. The lowest BCUT2D eigenvalue weighted by molar-refractivity contribution is -0.166. The van der Waals surface area contributed by atoms with E-state index >= 15 is 0 Å². The van der Waals surface area contributed by atoms with Gasteiger partial charge in [-0.15, -0.1) is 0 Å². The van der Waals surface area contributed by atoms with Crippen molar-refractivity contribution in [2.45, 2.75) is 69.5 Å². The average molecular weight is 473 g/mol. The smallest absolute Gasteiger partial charge is 0.331 e. The second kappa shape index (κ2) is 11.3. The number of esters is 2. The van der Waals surface area contributed by atoms with Gasteiger partial charge in [-0.05, 0) is 40.0 Å². The Balaban J connectivity index is 1.57. The molecule has 0 N–H and O–H groups in total. The molecule has 0 aromatic heterocycles. The van der Waals surface area contributed by atoms with E-state index in [1.54, 1.807) is 43.6 Å². The summed E-state index contributed by atoms with van der Waals surface area (Å²) < 4.78 is 28.3. The fourth-order valence-corrected chi connectivity index (χ4v) is 4.85. The average Bonchev–Trinajstić information content (AvgIpc) is 3.72. The summed E-state index contributed by atoms with van der Waals surface area (Å²) in [5.74, 6) is -0.833. The molecule has 0 unspecified atom stereocenters. The molecule has 3 fully saturated rings. The van der Waals surface area contributed by atoms with Gasteiger partial charge in [0.1, 0.15) is 23.4 Å². The lowest BCUT2D eigenvalue weighted by atomic mass is 9.68. The SMILES string of the molecule is COC(=O)/C=C/C=C/C=C\C=C/C(=O)O[C@@H]1CC[C@@]2(CO2)[C@@H]([C@]2(C)O[C@@H]2CC=C(C)C)[C@@H]1OC.